The number of anilines is 1. The first-order chi connectivity index (χ1) is 9.11. The fraction of sp³-hybridized carbons (Fsp3) is 0.538. The zero-order valence-corrected chi connectivity index (χ0v) is 10.8. The van der Waals surface area contributed by atoms with E-state index in [2.05, 4.69) is 17.2 Å². The van der Waals surface area contributed by atoms with E-state index in [9.17, 15) is 10.1 Å². The van der Waals surface area contributed by atoms with Gasteiger partial charge < -0.3 is 5.32 Å². The van der Waals surface area contributed by atoms with Gasteiger partial charge in [0.05, 0.1) is 4.92 Å². The minimum atomic E-state index is -0.544. The van der Waals surface area contributed by atoms with Crippen LogP contribution in [0, 0.1) is 27.4 Å². The number of nitriles is 1. The van der Waals surface area contributed by atoms with Gasteiger partial charge in [-0.1, -0.05) is 12.8 Å². The highest BCUT2D eigenvalue weighted by Crippen LogP contribution is 2.29. The van der Waals surface area contributed by atoms with Gasteiger partial charge in [-0.3, -0.25) is 10.1 Å². The van der Waals surface area contributed by atoms with Gasteiger partial charge in [-0.2, -0.15) is 5.26 Å². The third-order valence-corrected chi connectivity index (χ3v) is 3.68. The Morgan fingerprint density at radius 3 is 2.84 bits per heavy atom. The van der Waals surface area contributed by atoms with E-state index in [4.69, 9.17) is 5.26 Å². The average molecular weight is 260 g/mol. The van der Waals surface area contributed by atoms with E-state index in [0.29, 0.717) is 11.7 Å². The van der Waals surface area contributed by atoms with Gasteiger partial charge in [-0.05, 0) is 25.7 Å². The number of nitrogens with one attached hydrogen (secondary N) is 1. The summed E-state index contributed by atoms with van der Waals surface area (Å²) in [5.74, 6) is 1.02. The van der Waals surface area contributed by atoms with Gasteiger partial charge in [0.15, 0.2) is 0 Å². The molecule has 6 heteroatoms. The minimum Gasteiger partial charge on any atom is -0.366 e. The Morgan fingerprint density at radius 1 is 1.58 bits per heavy atom. The predicted molar refractivity (Wildman–Crippen MR) is 70.6 cm³/mol. The summed E-state index contributed by atoms with van der Waals surface area (Å²) < 4.78 is 0. The molecule has 1 heterocycles. The molecule has 1 aromatic heterocycles. The molecule has 1 aromatic rings. The van der Waals surface area contributed by atoms with Crippen molar-refractivity contribution in [2.75, 3.05) is 5.32 Å². The largest absolute Gasteiger partial charge is 0.366 e. The number of hydrogen-bond donors (Lipinski definition) is 1. The van der Waals surface area contributed by atoms with E-state index in [1.54, 1.807) is 0 Å². The number of nitrogens with zero attached hydrogens (tertiary/aromatic N) is 3. The highest BCUT2D eigenvalue weighted by molar-refractivity contribution is 5.55. The summed E-state index contributed by atoms with van der Waals surface area (Å²) in [5.41, 5.74) is 0.0645. The second-order valence-electron chi connectivity index (χ2n) is 4.94. The Balaban J connectivity index is 2.15. The fourth-order valence-electron chi connectivity index (χ4n) is 2.54. The first kappa shape index (κ1) is 13.3. The molecule has 1 aliphatic rings. The third kappa shape index (κ3) is 2.99. The van der Waals surface area contributed by atoms with Gasteiger partial charge in [-0.25, -0.2) is 4.98 Å². The quantitative estimate of drug-likeness (QED) is 0.663. The molecule has 2 rings (SSSR count). The van der Waals surface area contributed by atoms with Crippen LogP contribution in [0.3, 0.4) is 0 Å². The Bertz CT molecular complexity index is 518. The monoisotopic (exact) mass is 260 g/mol. The third-order valence-electron chi connectivity index (χ3n) is 3.68. The molecule has 0 spiro atoms. The molecule has 1 saturated carbocycles. The van der Waals surface area contributed by atoms with Gasteiger partial charge >= 0.3 is 0 Å². The van der Waals surface area contributed by atoms with Crippen molar-refractivity contribution in [3.63, 3.8) is 0 Å². The topological polar surface area (TPSA) is 91.8 Å². The van der Waals surface area contributed by atoms with E-state index >= 15 is 0 Å². The Hall–Kier alpha value is -2.16. The van der Waals surface area contributed by atoms with Gasteiger partial charge in [0.1, 0.15) is 23.6 Å². The average Bonchev–Trinajstić information content (AvgIpc) is 2.92. The molecular formula is C13H16N4O2. The minimum absolute atomic E-state index is 0.157. The lowest BCUT2D eigenvalue weighted by Gasteiger charge is -2.21. The zero-order valence-electron chi connectivity index (χ0n) is 10.8. The molecule has 1 N–H and O–H groups in total. The van der Waals surface area contributed by atoms with Crippen molar-refractivity contribution >= 4 is 11.5 Å². The van der Waals surface area contributed by atoms with Crippen LogP contribution in [-0.4, -0.2) is 15.9 Å². The van der Waals surface area contributed by atoms with Crippen LogP contribution < -0.4 is 5.32 Å². The second-order valence-corrected chi connectivity index (χ2v) is 4.94. The number of rotatable bonds is 4. The normalized spacial score (nSPS) is 16.8. The highest BCUT2D eigenvalue weighted by atomic mass is 16.6. The van der Waals surface area contributed by atoms with Crippen LogP contribution in [0.4, 0.5) is 11.5 Å². The number of hydrogen-bond acceptors (Lipinski definition) is 5. The van der Waals surface area contributed by atoms with Crippen LogP contribution in [0.5, 0.6) is 0 Å². The van der Waals surface area contributed by atoms with E-state index in [1.807, 2.05) is 6.07 Å². The summed E-state index contributed by atoms with van der Waals surface area (Å²) in [5, 5.41) is 22.9. The van der Waals surface area contributed by atoms with Crippen LogP contribution in [-0.2, 0) is 0 Å². The van der Waals surface area contributed by atoms with Gasteiger partial charge in [0.25, 0.3) is 5.69 Å². The summed E-state index contributed by atoms with van der Waals surface area (Å²) in [6.07, 6.45) is 6.04. The van der Waals surface area contributed by atoms with E-state index in [-0.39, 0.29) is 17.3 Å². The molecule has 1 unspecified atom stereocenters. The molecule has 6 nitrogen and oxygen atoms in total. The standard InChI is InChI=1S/C13H16N4O2/c1-9(10-4-2-3-5-10)16-13-11(7-14)6-12(8-15-13)17(18)19/h6,8-10H,2-5H2,1H3,(H,15,16). The first-order valence-electron chi connectivity index (χ1n) is 6.43. The SMILES string of the molecule is CC(Nc1ncc([N+](=O)[O-])cc1C#N)C1CCCC1. The first-order valence-corrected chi connectivity index (χ1v) is 6.43. The lowest BCUT2D eigenvalue weighted by atomic mass is 10.00. The predicted octanol–water partition coefficient (Wildman–Crippen LogP) is 2.85. The van der Waals surface area contributed by atoms with Crippen molar-refractivity contribution in [3.8, 4) is 6.07 Å². The fourth-order valence-corrected chi connectivity index (χ4v) is 2.54. The Kier molecular flexibility index (Phi) is 3.95. The molecule has 0 bridgehead atoms. The summed E-state index contributed by atoms with van der Waals surface area (Å²) in [6.45, 7) is 2.07. The Labute approximate surface area is 111 Å². The highest BCUT2D eigenvalue weighted by Gasteiger charge is 2.23. The summed E-state index contributed by atoms with van der Waals surface area (Å²) in [4.78, 5) is 14.1. The smallest absolute Gasteiger partial charge is 0.289 e. The maximum atomic E-state index is 10.6. The van der Waals surface area contributed by atoms with E-state index in [0.717, 1.165) is 0 Å². The summed E-state index contributed by atoms with van der Waals surface area (Å²) in [6, 6.07) is 3.44. The molecule has 0 amide bonds. The Morgan fingerprint density at radius 2 is 2.26 bits per heavy atom. The molecule has 0 aromatic carbocycles. The molecular weight excluding hydrogens is 244 g/mol. The van der Waals surface area contributed by atoms with Gasteiger partial charge in [-0.15, -0.1) is 0 Å². The molecule has 1 atom stereocenters. The van der Waals surface area contributed by atoms with Crippen molar-refractivity contribution in [2.24, 2.45) is 5.92 Å². The van der Waals surface area contributed by atoms with Gasteiger partial charge in [0, 0.05) is 12.1 Å². The zero-order chi connectivity index (χ0) is 13.8. The molecule has 19 heavy (non-hydrogen) atoms. The molecule has 0 saturated heterocycles. The van der Waals surface area contributed by atoms with Crippen molar-refractivity contribution in [3.05, 3.63) is 27.9 Å². The molecule has 0 aliphatic heterocycles. The van der Waals surface area contributed by atoms with E-state index < -0.39 is 4.92 Å². The lowest BCUT2D eigenvalue weighted by molar-refractivity contribution is -0.385. The van der Waals surface area contributed by atoms with Crippen LogP contribution in [0.15, 0.2) is 12.3 Å². The van der Waals surface area contributed by atoms with Crippen molar-refractivity contribution in [1.82, 2.24) is 4.98 Å². The molecule has 1 fully saturated rings. The van der Waals surface area contributed by atoms with Crippen LogP contribution in [0.25, 0.3) is 0 Å². The summed E-state index contributed by atoms with van der Waals surface area (Å²) in [7, 11) is 0. The van der Waals surface area contributed by atoms with Crippen molar-refractivity contribution in [2.45, 2.75) is 38.6 Å². The van der Waals surface area contributed by atoms with Crippen LogP contribution in [0.1, 0.15) is 38.2 Å². The van der Waals surface area contributed by atoms with Crippen molar-refractivity contribution in [1.29, 1.82) is 5.26 Å². The number of nitro groups is 1. The van der Waals surface area contributed by atoms with Gasteiger partial charge in [0.2, 0.25) is 0 Å². The maximum absolute atomic E-state index is 10.6. The molecule has 100 valence electrons. The number of pyridine rings is 1. The van der Waals surface area contributed by atoms with Crippen LogP contribution >= 0.6 is 0 Å². The van der Waals surface area contributed by atoms with Crippen LogP contribution in [0.2, 0.25) is 0 Å². The molecule has 0 radical (unpaired) electrons. The number of aromatic nitrogens is 1. The van der Waals surface area contributed by atoms with Crippen molar-refractivity contribution < 1.29 is 4.92 Å². The summed E-state index contributed by atoms with van der Waals surface area (Å²) >= 11 is 0. The van der Waals surface area contributed by atoms with E-state index in [1.165, 1.54) is 37.9 Å². The lowest BCUT2D eigenvalue weighted by Crippen LogP contribution is -2.24. The maximum Gasteiger partial charge on any atom is 0.289 e. The second kappa shape index (κ2) is 5.65. The molecule has 1 aliphatic carbocycles.